The molecule has 0 spiro atoms. The second kappa shape index (κ2) is 7.13. The molecule has 3 rings (SSSR count). The smallest absolute Gasteiger partial charge is 0.336 e. The lowest BCUT2D eigenvalue weighted by atomic mass is 10.1. The van der Waals surface area contributed by atoms with E-state index in [-0.39, 0.29) is 5.91 Å². The Kier molecular flexibility index (Phi) is 5.13. The maximum atomic E-state index is 12.6. The fourth-order valence-electron chi connectivity index (χ4n) is 3.68. The number of benzene rings is 1. The van der Waals surface area contributed by atoms with Gasteiger partial charge in [0.05, 0.1) is 5.56 Å². The van der Waals surface area contributed by atoms with Crippen molar-refractivity contribution in [3.63, 3.8) is 0 Å². The van der Waals surface area contributed by atoms with Crippen LogP contribution in [0.5, 0.6) is 0 Å². The molecule has 1 heterocycles. The number of carbonyl (C=O) groups excluding carboxylic acids is 1. The molecule has 2 aliphatic rings. The van der Waals surface area contributed by atoms with E-state index in [9.17, 15) is 18.0 Å². The number of hydrogen-bond acceptors (Lipinski definition) is 2. The topological polar surface area (TPSA) is 23.6 Å². The van der Waals surface area contributed by atoms with Gasteiger partial charge in [0.15, 0.2) is 0 Å². The van der Waals surface area contributed by atoms with E-state index < -0.39 is 11.7 Å². The van der Waals surface area contributed by atoms with Gasteiger partial charge >= 0.3 is 6.18 Å². The predicted octanol–water partition coefficient (Wildman–Crippen LogP) is 3.65. The molecule has 0 N–H and O–H groups in total. The van der Waals surface area contributed by atoms with Crippen LogP contribution in [0.25, 0.3) is 0 Å². The van der Waals surface area contributed by atoms with Gasteiger partial charge in [0, 0.05) is 38.3 Å². The van der Waals surface area contributed by atoms with Gasteiger partial charge in [-0.15, -0.1) is 0 Å². The summed E-state index contributed by atoms with van der Waals surface area (Å²) in [5.41, 5.74) is -0.396. The van der Waals surface area contributed by atoms with Crippen molar-refractivity contribution in [2.75, 3.05) is 32.7 Å². The van der Waals surface area contributed by atoms with Gasteiger partial charge in [-0.1, -0.05) is 12.8 Å². The highest BCUT2D eigenvalue weighted by Crippen LogP contribution is 2.29. The maximum absolute atomic E-state index is 12.6. The summed E-state index contributed by atoms with van der Waals surface area (Å²) in [5, 5.41) is 0. The molecule has 0 radical (unpaired) electrons. The first kappa shape index (κ1) is 17.3. The fourth-order valence-corrected chi connectivity index (χ4v) is 3.68. The lowest BCUT2D eigenvalue weighted by molar-refractivity contribution is -0.137. The summed E-state index contributed by atoms with van der Waals surface area (Å²) in [6, 6.07) is 4.50. The zero-order chi connectivity index (χ0) is 17.2. The average molecular weight is 340 g/mol. The van der Waals surface area contributed by atoms with Gasteiger partial charge in [0.1, 0.15) is 0 Å². The Morgan fingerprint density at radius 2 is 1.58 bits per heavy atom. The number of piperazine rings is 1. The van der Waals surface area contributed by atoms with E-state index >= 15 is 0 Å². The lowest BCUT2D eigenvalue weighted by Crippen LogP contribution is -2.49. The number of halogens is 3. The maximum Gasteiger partial charge on any atom is 0.416 e. The monoisotopic (exact) mass is 340 g/mol. The van der Waals surface area contributed by atoms with Gasteiger partial charge in [0.25, 0.3) is 5.91 Å². The zero-order valence-corrected chi connectivity index (χ0v) is 13.7. The van der Waals surface area contributed by atoms with E-state index in [1.165, 1.54) is 37.8 Å². The van der Waals surface area contributed by atoms with Crippen LogP contribution < -0.4 is 0 Å². The van der Waals surface area contributed by atoms with Crippen LogP contribution in [0.3, 0.4) is 0 Å². The Hall–Kier alpha value is -1.56. The summed E-state index contributed by atoms with van der Waals surface area (Å²) in [4.78, 5) is 16.6. The Bertz CT molecular complexity index is 557. The largest absolute Gasteiger partial charge is 0.416 e. The molecule has 0 unspecified atom stereocenters. The van der Waals surface area contributed by atoms with Crippen molar-refractivity contribution >= 4 is 5.91 Å². The summed E-state index contributed by atoms with van der Waals surface area (Å²) in [6.07, 6.45) is 0.914. The van der Waals surface area contributed by atoms with Gasteiger partial charge in [-0.25, -0.2) is 0 Å². The van der Waals surface area contributed by atoms with E-state index in [1.54, 1.807) is 4.90 Å². The first-order valence-corrected chi connectivity index (χ1v) is 8.62. The number of rotatable bonds is 3. The van der Waals surface area contributed by atoms with E-state index in [1.807, 2.05) is 0 Å². The van der Waals surface area contributed by atoms with Gasteiger partial charge < -0.3 is 4.90 Å². The standard InChI is InChI=1S/C18H23F3N2O/c19-18(20,21)16-7-5-15(6-8-16)17(24)23-11-9-22(10-12-23)13-14-3-1-2-4-14/h5-8,14H,1-4,9-13H2. The summed E-state index contributed by atoms with van der Waals surface area (Å²) >= 11 is 0. The predicted molar refractivity (Wildman–Crippen MR) is 85.7 cm³/mol. The van der Waals surface area contributed by atoms with Crippen LogP contribution in [0, 0.1) is 5.92 Å². The first-order chi connectivity index (χ1) is 11.4. The summed E-state index contributed by atoms with van der Waals surface area (Å²) in [6.45, 7) is 4.10. The molecule has 0 bridgehead atoms. The Morgan fingerprint density at radius 3 is 2.12 bits per heavy atom. The molecule has 1 saturated heterocycles. The van der Waals surface area contributed by atoms with Crippen LogP contribution in [-0.4, -0.2) is 48.4 Å². The van der Waals surface area contributed by atoms with E-state index in [0.29, 0.717) is 18.7 Å². The SMILES string of the molecule is O=C(c1ccc(C(F)(F)F)cc1)N1CCN(CC2CCCC2)CC1. The normalized spacial score (nSPS) is 20.5. The van der Waals surface area contributed by atoms with E-state index in [0.717, 1.165) is 37.7 Å². The molecule has 0 atom stereocenters. The van der Waals surface area contributed by atoms with Crippen molar-refractivity contribution in [3.05, 3.63) is 35.4 Å². The Labute approximate surface area is 140 Å². The van der Waals surface area contributed by atoms with Gasteiger partial charge in [0.2, 0.25) is 0 Å². The second-order valence-corrected chi connectivity index (χ2v) is 6.82. The van der Waals surface area contributed by atoms with Gasteiger partial charge in [-0.2, -0.15) is 13.2 Å². The molecule has 1 aromatic carbocycles. The second-order valence-electron chi connectivity index (χ2n) is 6.82. The number of hydrogen-bond donors (Lipinski definition) is 0. The van der Waals surface area contributed by atoms with Crippen molar-refractivity contribution in [1.82, 2.24) is 9.80 Å². The summed E-state index contributed by atoms with van der Waals surface area (Å²) in [7, 11) is 0. The van der Waals surface area contributed by atoms with Crippen molar-refractivity contribution in [3.8, 4) is 0 Å². The van der Waals surface area contributed by atoms with Crippen molar-refractivity contribution in [2.24, 2.45) is 5.92 Å². The highest BCUT2D eigenvalue weighted by atomic mass is 19.4. The minimum atomic E-state index is -4.37. The van der Waals surface area contributed by atoms with Gasteiger partial charge in [-0.05, 0) is 43.0 Å². The van der Waals surface area contributed by atoms with Crippen LogP contribution in [0.4, 0.5) is 13.2 Å². The third-order valence-corrected chi connectivity index (χ3v) is 5.11. The quantitative estimate of drug-likeness (QED) is 0.838. The van der Waals surface area contributed by atoms with Crippen LogP contribution in [0.1, 0.15) is 41.6 Å². The minimum Gasteiger partial charge on any atom is -0.336 e. The highest BCUT2D eigenvalue weighted by Gasteiger charge is 2.31. The third-order valence-electron chi connectivity index (χ3n) is 5.11. The number of amides is 1. The molecule has 24 heavy (non-hydrogen) atoms. The van der Waals surface area contributed by atoms with Crippen molar-refractivity contribution in [1.29, 1.82) is 0 Å². The molecule has 3 nitrogen and oxygen atoms in total. The number of alkyl halides is 3. The highest BCUT2D eigenvalue weighted by molar-refractivity contribution is 5.94. The third kappa shape index (κ3) is 4.09. The minimum absolute atomic E-state index is 0.177. The molecule has 1 aliphatic carbocycles. The summed E-state index contributed by atoms with van der Waals surface area (Å²) in [5.74, 6) is 0.617. The Morgan fingerprint density at radius 1 is 1.00 bits per heavy atom. The van der Waals surface area contributed by atoms with Crippen molar-refractivity contribution < 1.29 is 18.0 Å². The fraction of sp³-hybridized carbons (Fsp3) is 0.611. The Balaban J connectivity index is 1.53. The molecule has 0 aromatic heterocycles. The number of nitrogens with zero attached hydrogens (tertiary/aromatic N) is 2. The average Bonchev–Trinajstić information content (AvgIpc) is 3.07. The molecule has 1 aromatic rings. The summed E-state index contributed by atoms with van der Waals surface area (Å²) < 4.78 is 37.8. The van der Waals surface area contributed by atoms with Gasteiger partial charge in [-0.3, -0.25) is 9.69 Å². The zero-order valence-electron chi connectivity index (χ0n) is 13.7. The molecule has 1 amide bonds. The molecule has 2 fully saturated rings. The molecule has 1 aliphatic heterocycles. The lowest BCUT2D eigenvalue weighted by Gasteiger charge is -2.36. The molecule has 6 heteroatoms. The number of carbonyl (C=O) groups is 1. The van der Waals surface area contributed by atoms with Crippen LogP contribution in [0.15, 0.2) is 24.3 Å². The molecule has 132 valence electrons. The molecule has 1 saturated carbocycles. The molecular weight excluding hydrogens is 317 g/mol. The van der Waals surface area contributed by atoms with E-state index in [4.69, 9.17) is 0 Å². The van der Waals surface area contributed by atoms with Crippen molar-refractivity contribution in [2.45, 2.75) is 31.9 Å². The van der Waals surface area contributed by atoms with Crippen LogP contribution in [-0.2, 0) is 6.18 Å². The first-order valence-electron chi connectivity index (χ1n) is 8.62. The van der Waals surface area contributed by atoms with Crippen LogP contribution >= 0.6 is 0 Å². The van der Waals surface area contributed by atoms with E-state index in [2.05, 4.69) is 4.90 Å². The molecular formula is C18H23F3N2O. The van der Waals surface area contributed by atoms with Crippen LogP contribution in [0.2, 0.25) is 0 Å².